The normalized spacial score (nSPS) is 12.1. The fraction of sp³-hybridized carbons (Fsp3) is 0.182. The van der Waals surface area contributed by atoms with Gasteiger partial charge in [0.25, 0.3) is 0 Å². The summed E-state index contributed by atoms with van der Waals surface area (Å²) in [5, 5.41) is 1.88. The second kappa shape index (κ2) is 11.3. The van der Waals surface area contributed by atoms with Crippen LogP contribution >= 0.6 is 0 Å². The first-order valence-electron chi connectivity index (χ1n) is 9.12. The summed E-state index contributed by atoms with van der Waals surface area (Å²) in [5.74, 6) is -0.0510. The van der Waals surface area contributed by atoms with Crippen LogP contribution in [0.1, 0.15) is 36.0 Å². The molecule has 4 rings (SSSR count). The number of hydrogen-bond acceptors (Lipinski definition) is 4. The predicted octanol–water partition coefficient (Wildman–Crippen LogP) is 0.131. The number of Topliss-reactive ketones (excluding diaryl/α,β-unsaturated/α-hetero) is 2. The average molecular weight is 411 g/mol. The fourth-order valence-corrected chi connectivity index (χ4v) is 3.04. The monoisotopic (exact) mass is 411 g/mol. The molecule has 0 saturated heterocycles. The van der Waals surface area contributed by atoms with Gasteiger partial charge in [0.05, 0.1) is 12.1 Å². The summed E-state index contributed by atoms with van der Waals surface area (Å²) < 4.78 is 0. The van der Waals surface area contributed by atoms with E-state index in [2.05, 4.69) is 9.97 Å². The van der Waals surface area contributed by atoms with Crippen LogP contribution in [0.3, 0.4) is 0 Å². The molecule has 0 unspecified atom stereocenters. The van der Waals surface area contributed by atoms with Gasteiger partial charge >= 0.3 is 29.6 Å². The van der Waals surface area contributed by atoms with E-state index in [9.17, 15) is 9.59 Å². The number of para-hydroxylation sites is 2. The summed E-state index contributed by atoms with van der Waals surface area (Å²) in [5.41, 5.74) is 14.4. The maximum atomic E-state index is 11.7. The molecule has 0 aliphatic rings. The number of aromatic nitrogens is 2. The van der Waals surface area contributed by atoms with Gasteiger partial charge in [-0.3, -0.25) is 9.59 Å². The van der Waals surface area contributed by atoms with Gasteiger partial charge in [-0.2, -0.15) is 0 Å². The molecule has 4 aromatic rings. The number of aromatic amines is 2. The van der Waals surface area contributed by atoms with E-state index in [1.807, 2.05) is 48.5 Å². The van der Waals surface area contributed by atoms with Gasteiger partial charge < -0.3 is 22.9 Å². The molecule has 0 saturated carbocycles. The van der Waals surface area contributed by atoms with Gasteiger partial charge in [-0.1, -0.05) is 36.4 Å². The van der Waals surface area contributed by atoms with E-state index in [1.54, 1.807) is 26.2 Å². The molecule has 6 nitrogen and oxygen atoms in total. The second-order valence-corrected chi connectivity index (χ2v) is 6.80. The van der Waals surface area contributed by atoms with E-state index in [1.165, 1.54) is 0 Å². The number of carbonyl (C=O) groups is 2. The Morgan fingerprint density at radius 1 is 0.767 bits per heavy atom. The number of carbonyl (C=O) groups excluding carboxylic acids is 2. The van der Waals surface area contributed by atoms with Gasteiger partial charge in [0.15, 0.2) is 11.6 Å². The first kappa shape index (κ1) is 25.9. The number of nitrogens with two attached hydrogens (primary N) is 2. The number of H-pyrrole nitrogens is 2. The smallest absolute Gasteiger partial charge is 1.00 e. The molecule has 2 heterocycles. The number of nitrogens with one attached hydrogen (secondary N) is 2. The Bertz CT molecular complexity index is 1050. The topological polar surface area (TPSA) is 118 Å². The molecule has 2 atom stereocenters. The predicted molar refractivity (Wildman–Crippen MR) is 119 cm³/mol. The van der Waals surface area contributed by atoms with Crippen molar-refractivity contribution >= 4 is 41.8 Å². The molecule has 2 aromatic carbocycles. The summed E-state index contributed by atoms with van der Waals surface area (Å²) in [6.07, 6.45) is 3.44. The second-order valence-electron chi connectivity index (χ2n) is 6.80. The van der Waals surface area contributed by atoms with Crippen LogP contribution in [0.5, 0.6) is 0 Å². The van der Waals surface area contributed by atoms with Crippen molar-refractivity contribution in [3.05, 3.63) is 72.1 Å². The number of benzene rings is 2. The molecule has 30 heavy (non-hydrogen) atoms. The first-order chi connectivity index (χ1) is 13.4. The fourth-order valence-electron chi connectivity index (χ4n) is 3.04. The van der Waals surface area contributed by atoms with Gasteiger partial charge in [-0.25, -0.2) is 0 Å². The molecular weight excluding hydrogens is 386 g/mol. The SMILES string of the molecule is C[C@H](N)C(=O)c1c[nH]c2ccccc12.C[C@H](N)C(=O)c1c[nH]c2ccccc12.[B].[H-].[Na+]. The van der Waals surface area contributed by atoms with Crippen molar-refractivity contribution in [2.24, 2.45) is 11.5 Å². The van der Waals surface area contributed by atoms with Gasteiger partial charge in [0, 0.05) is 53.7 Å². The summed E-state index contributed by atoms with van der Waals surface area (Å²) in [6, 6.07) is 14.5. The Hall–Kier alpha value is -2.16. The van der Waals surface area contributed by atoms with E-state index in [4.69, 9.17) is 11.5 Å². The first-order valence-corrected chi connectivity index (χ1v) is 9.12. The van der Waals surface area contributed by atoms with E-state index >= 15 is 0 Å². The molecule has 0 spiro atoms. The molecule has 2 aromatic heterocycles. The molecule has 0 bridgehead atoms. The van der Waals surface area contributed by atoms with Crippen molar-refractivity contribution in [3.63, 3.8) is 0 Å². The van der Waals surface area contributed by atoms with Crippen LogP contribution in [0.25, 0.3) is 21.8 Å². The largest absolute Gasteiger partial charge is 1.00 e. The summed E-state index contributed by atoms with van der Waals surface area (Å²) >= 11 is 0. The van der Waals surface area contributed by atoms with E-state index < -0.39 is 12.1 Å². The van der Waals surface area contributed by atoms with Gasteiger partial charge in [0.1, 0.15) is 0 Å². The van der Waals surface area contributed by atoms with Gasteiger partial charge in [0.2, 0.25) is 0 Å². The van der Waals surface area contributed by atoms with Gasteiger partial charge in [-0.15, -0.1) is 0 Å². The van der Waals surface area contributed by atoms with Crippen LogP contribution in [0.2, 0.25) is 0 Å². The summed E-state index contributed by atoms with van der Waals surface area (Å²) in [6.45, 7) is 3.40. The van der Waals surface area contributed by atoms with Crippen molar-refractivity contribution in [1.29, 1.82) is 0 Å². The third-order valence-electron chi connectivity index (χ3n) is 4.54. The van der Waals surface area contributed by atoms with Crippen molar-refractivity contribution in [3.8, 4) is 0 Å². The van der Waals surface area contributed by atoms with Crippen molar-refractivity contribution < 1.29 is 40.6 Å². The molecular formula is C22H25BN4NaO2. The van der Waals surface area contributed by atoms with Crippen LogP contribution in [0.15, 0.2) is 60.9 Å². The zero-order chi connectivity index (χ0) is 20.3. The Labute approximate surface area is 201 Å². The zero-order valence-electron chi connectivity index (χ0n) is 18.5. The standard InChI is InChI=1S/2C11H12N2O.B.Na.H/c2*1-7(12)11(14)9-6-13-10-5-3-2-4-8(9)10;;;/h2*2-7,13H,12H2,1H3;;;/q;;;+1;-1/t2*7-;;;/m00.../s1. The average Bonchev–Trinajstić information content (AvgIpc) is 3.31. The Morgan fingerprint density at radius 3 is 1.43 bits per heavy atom. The molecule has 0 amide bonds. The minimum Gasteiger partial charge on any atom is -1.00 e. The van der Waals surface area contributed by atoms with Crippen LogP contribution in [0, 0.1) is 0 Å². The minimum atomic E-state index is -0.450. The van der Waals surface area contributed by atoms with Crippen molar-refractivity contribution in [2.45, 2.75) is 25.9 Å². The van der Waals surface area contributed by atoms with Crippen LogP contribution in [-0.2, 0) is 0 Å². The van der Waals surface area contributed by atoms with Crippen LogP contribution in [0.4, 0.5) is 0 Å². The molecule has 3 radical (unpaired) electrons. The van der Waals surface area contributed by atoms with E-state index in [0.717, 1.165) is 21.8 Å². The van der Waals surface area contributed by atoms with Crippen molar-refractivity contribution in [1.82, 2.24) is 9.97 Å². The van der Waals surface area contributed by atoms with E-state index in [-0.39, 0.29) is 51.0 Å². The molecule has 0 aliphatic heterocycles. The van der Waals surface area contributed by atoms with Crippen LogP contribution in [-0.4, -0.2) is 42.0 Å². The van der Waals surface area contributed by atoms with Crippen LogP contribution < -0.4 is 41.0 Å². The third-order valence-corrected chi connectivity index (χ3v) is 4.54. The zero-order valence-corrected chi connectivity index (χ0v) is 19.5. The number of ketones is 2. The van der Waals surface area contributed by atoms with Gasteiger partial charge in [-0.05, 0) is 26.0 Å². The molecule has 6 N–H and O–H groups in total. The number of rotatable bonds is 4. The number of fused-ring (bicyclic) bond motifs is 2. The maximum absolute atomic E-state index is 11.7. The Kier molecular flexibility index (Phi) is 9.74. The third kappa shape index (κ3) is 5.50. The minimum absolute atomic E-state index is 0. The molecule has 0 fully saturated rings. The summed E-state index contributed by atoms with van der Waals surface area (Å²) in [4.78, 5) is 29.4. The van der Waals surface area contributed by atoms with Crippen molar-refractivity contribution in [2.75, 3.05) is 0 Å². The quantitative estimate of drug-likeness (QED) is 0.282. The Morgan fingerprint density at radius 2 is 1.10 bits per heavy atom. The summed E-state index contributed by atoms with van der Waals surface area (Å²) in [7, 11) is 0. The molecule has 8 heteroatoms. The van der Waals surface area contributed by atoms with E-state index in [0.29, 0.717) is 11.1 Å². The molecule has 0 aliphatic carbocycles. The number of hydrogen-bond donors (Lipinski definition) is 4. The Balaban J connectivity index is 0.000000529. The molecule has 149 valence electrons. The maximum Gasteiger partial charge on any atom is 1.00 e.